The average Bonchev–Trinajstić information content (AvgIpc) is 3.32. The van der Waals surface area contributed by atoms with Gasteiger partial charge >= 0.3 is 0 Å². The first-order valence-electron chi connectivity index (χ1n) is 9.51. The van der Waals surface area contributed by atoms with Crippen LogP contribution in [0, 0.1) is 13.8 Å². The van der Waals surface area contributed by atoms with E-state index in [-0.39, 0.29) is 5.56 Å². The van der Waals surface area contributed by atoms with Gasteiger partial charge < -0.3 is 9.97 Å². The Morgan fingerprint density at radius 2 is 1.60 bits per heavy atom. The maximum Gasteiger partial charge on any atom is 0.282 e. The number of hydrogen-bond donors (Lipinski definition) is 2. The molecule has 30 heavy (non-hydrogen) atoms. The van der Waals surface area contributed by atoms with Gasteiger partial charge in [0.05, 0.1) is 16.9 Å². The highest BCUT2D eigenvalue weighted by Gasteiger charge is 2.22. The Kier molecular flexibility index (Phi) is 4.29. The molecular formula is C23H18ClN5O. The number of nitrogens with one attached hydrogen (secondary N) is 2. The van der Waals surface area contributed by atoms with Crippen molar-refractivity contribution in [1.82, 2.24) is 24.7 Å². The van der Waals surface area contributed by atoms with Gasteiger partial charge in [-0.1, -0.05) is 35.9 Å². The van der Waals surface area contributed by atoms with Crippen molar-refractivity contribution in [2.24, 2.45) is 0 Å². The van der Waals surface area contributed by atoms with Gasteiger partial charge in [-0.05, 0) is 43.7 Å². The third-order valence-corrected chi connectivity index (χ3v) is 5.40. The summed E-state index contributed by atoms with van der Waals surface area (Å²) < 4.78 is 1.41. The standard InChI is InChI=1S/C23H18ClN5O/c1-13-11-26-22(27-13)16-5-3-15(4-6-16)20-14(2)25-12-19-21(20)28-29(23(19)30)18-9-7-17(24)8-10-18/h3-12,25H,1-2H3,(H,26,27). The number of aromatic nitrogens is 5. The van der Waals surface area contributed by atoms with Crippen LogP contribution in [-0.2, 0) is 0 Å². The van der Waals surface area contributed by atoms with Crippen LogP contribution >= 0.6 is 11.6 Å². The molecule has 3 heterocycles. The number of halogens is 1. The monoisotopic (exact) mass is 415 g/mol. The zero-order valence-corrected chi connectivity index (χ0v) is 17.2. The second kappa shape index (κ2) is 7.00. The Balaban J connectivity index is 1.64. The minimum absolute atomic E-state index is 0.174. The van der Waals surface area contributed by atoms with Crippen LogP contribution in [0.15, 0.2) is 65.7 Å². The van der Waals surface area contributed by atoms with Gasteiger partial charge in [-0.15, -0.1) is 0 Å². The third-order valence-electron chi connectivity index (χ3n) is 5.15. The van der Waals surface area contributed by atoms with Crippen molar-refractivity contribution in [2.75, 3.05) is 0 Å². The van der Waals surface area contributed by atoms with Crippen LogP contribution in [0.5, 0.6) is 0 Å². The molecule has 0 aliphatic carbocycles. The molecule has 0 fully saturated rings. The molecule has 2 N–H and O–H groups in total. The summed E-state index contributed by atoms with van der Waals surface area (Å²) in [5.74, 6) is 0.828. The molecule has 7 heteroatoms. The van der Waals surface area contributed by atoms with Gasteiger partial charge in [-0.25, -0.2) is 4.98 Å². The van der Waals surface area contributed by atoms with Gasteiger partial charge in [0.15, 0.2) is 0 Å². The van der Waals surface area contributed by atoms with Crippen molar-refractivity contribution in [1.29, 1.82) is 0 Å². The normalized spacial score (nSPS) is 11.3. The largest absolute Gasteiger partial charge is 0.364 e. The number of H-pyrrole nitrogens is 2. The van der Waals surface area contributed by atoms with E-state index in [0.29, 0.717) is 22.0 Å². The molecule has 6 nitrogen and oxygen atoms in total. The van der Waals surface area contributed by atoms with Crippen molar-refractivity contribution < 1.29 is 0 Å². The molecule has 0 unspecified atom stereocenters. The van der Waals surface area contributed by atoms with Crippen LogP contribution in [0.4, 0.5) is 0 Å². The van der Waals surface area contributed by atoms with E-state index in [4.69, 9.17) is 11.6 Å². The first-order valence-corrected chi connectivity index (χ1v) is 9.89. The summed E-state index contributed by atoms with van der Waals surface area (Å²) >= 11 is 5.98. The number of rotatable bonds is 3. The first kappa shape index (κ1) is 18.4. The van der Waals surface area contributed by atoms with E-state index < -0.39 is 0 Å². The van der Waals surface area contributed by atoms with E-state index in [1.807, 2.05) is 44.3 Å². The van der Waals surface area contributed by atoms with Gasteiger partial charge in [0.25, 0.3) is 5.56 Å². The fourth-order valence-corrected chi connectivity index (χ4v) is 3.75. The molecule has 0 saturated heterocycles. The summed E-state index contributed by atoms with van der Waals surface area (Å²) in [5.41, 5.74) is 6.45. The van der Waals surface area contributed by atoms with Gasteiger partial charge in [-0.3, -0.25) is 4.79 Å². The molecule has 3 aromatic rings. The summed E-state index contributed by atoms with van der Waals surface area (Å²) in [4.78, 5) is 23.8. The lowest BCUT2D eigenvalue weighted by Crippen LogP contribution is -2.14. The molecule has 0 amide bonds. The maximum atomic E-state index is 13.0. The summed E-state index contributed by atoms with van der Waals surface area (Å²) in [6, 6.07) is 15.1. The summed E-state index contributed by atoms with van der Waals surface area (Å²) in [5, 5.41) is 5.27. The predicted octanol–water partition coefficient (Wildman–Crippen LogP) is 4.99. The second-order valence-electron chi connectivity index (χ2n) is 7.21. The van der Waals surface area contributed by atoms with Gasteiger partial charge in [0, 0.05) is 34.2 Å². The molecule has 2 aliphatic rings. The maximum absolute atomic E-state index is 13.0. The molecule has 0 radical (unpaired) electrons. The number of pyridine rings is 1. The molecular weight excluding hydrogens is 398 g/mol. The minimum Gasteiger partial charge on any atom is -0.364 e. The first-order chi connectivity index (χ1) is 14.5. The fourth-order valence-electron chi connectivity index (χ4n) is 3.63. The van der Waals surface area contributed by atoms with Crippen LogP contribution in [0.1, 0.15) is 11.4 Å². The summed E-state index contributed by atoms with van der Waals surface area (Å²) in [6.45, 7) is 3.93. The quantitative estimate of drug-likeness (QED) is 0.435. The van der Waals surface area contributed by atoms with Crippen molar-refractivity contribution in [3.63, 3.8) is 0 Å². The molecule has 0 saturated carbocycles. The van der Waals surface area contributed by atoms with E-state index in [2.05, 4.69) is 20.1 Å². The average molecular weight is 416 g/mol. The predicted molar refractivity (Wildman–Crippen MR) is 118 cm³/mol. The Hall–Kier alpha value is -3.64. The van der Waals surface area contributed by atoms with E-state index >= 15 is 0 Å². The van der Waals surface area contributed by atoms with Crippen LogP contribution in [0.25, 0.3) is 39.5 Å². The zero-order valence-electron chi connectivity index (χ0n) is 16.4. The van der Waals surface area contributed by atoms with Gasteiger partial charge in [0.1, 0.15) is 11.5 Å². The summed E-state index contributed by atoms with van der Waals surface area (Å²) in [6.07, 6.45) is 3.60. The lowest BCUT2D eigenvalue weighted by Gasteiger charge is -2.10. The minimum atomic E-state index is -0.174. The summed E-state index contributed by atoms with van der Waals surface area (Å²) in [7, 11) is 0. The van der Waals surface area contributed by atoms with Crippen molar-refractivity contribution >= 4 is 11.6 Å². The smallest absolute Gasteiger partial charge is 0.282 e. The van der Waals surface area contributed by atoms with E-state index in [0.717, 1.165) is 33.9 Å². The van der Waals surface area contributed by atoms with Gasteiger partial charge in [-0.2, -0.15) is 9.78 Å². The molecule has 1 aromatic heterocycles. The SMILES string of the molecule is Cc1c[nH]c(-c2ccc(-c3c4nn(-c5ccc(Cl)cc5)c(=O)c-4c[nH]c3C)cc2)n1. The number of benzene rings is 2. The molecule has 2 aliphatic heterocycles. The molecule has 2 aromatic carbocycles. The highest BCUT2D eigenvalue weighted by Crippen LogP contribution is 2.33. The van der Waals surface area contributed by atoms with E-state index in [9.17, 15) is 4.79 Å². The third kappa shape index (κ3) is 3.02. The van der Waals surface area contributed by atoms with Crippen LogP contribution in [0.3, 0.4) is 0 Å². The van der Waals surface area contributed by atoms with E-state index in [1.54, 1.807) is 30.5 Å². The Labute approximate surface area is 177 Å². The lowest BCUT2D eigenvalue weighted by atomic mass is 9.98. The Morgan fingerprint density at radius 1 is 0.900 bits per heavy atom. The Morgan fingerprint density at radius 3 is 2.27 bits per heavy atom. The van der Waals surface area contributed by atoms with Crippen molar-refractivity contribution in [3.8, 4) is 39.5 Å². The lowest BCUT2D eigenvalue weighted by molar-refractivity contribution is 0.858. The Bertz CT molecular complexity index is 1380. The number of aromatic amines is 2. The molecule has 148 valence electrons. The van der Waals surface area contributed by atoms with Crippen LogP contribution in [0.2, 0.25) is 5.02 Å². The topological polar surface area (TPSA) is 79.4 Å². The van der Waals surface area contributed by atoms with Crippen LogP contribution in [-0.4, -0.2) is 24.7 Å². The zero-order chi connectivity index (χ0) is 20.8. The molecule has 0 bridgehead atoms. The molecule has 0 spiro atoms. The fraction of sp³-hybridized carbons (Fsp3) is 0.0870. The van der Waals surface area contributed by atoms with Gasteiger partial charge in [0.2, 0.25) is 0 Å². The number of imidazole rings is 1. The second-order valence-corrected chi connectivity index (χ2v) is 7.65. The van der Waals surface area contributed by atoms with E-state index in [1.165, 1.54) is 4.68 Å². The number of aryl methyl sites for hydroxylation is 2. The van der Waals surface area contributed by atoms with Crippen molar-refractivity contribution in [3.05, 3.63) is 87.7 Å². The number of fused-ring (bicyclic) bond motifs is 1. The van der Waals surface area contributed by atoms with Crippen LogP contribution < -0.4 is 5.56 Å². The molecule has 0 atom stereocenters. The highest BCUT2D eigenvalue weighted by atomic mass is 35.5. The number of hydrogen-bond acceptors (Lipinski definition) is 3. The highest BCUT2D eigenvalue weighted by molar-refractivity contribution is 6.30. The van der Waals surface area contributed by atoms with Crippen molar-refractivity contribution in [2.45, 2.75) is 13.8 Å². The number of nitrogens with zero attached hydrogens (tertiary/aromatic N) is 3. The molecule has 5 rings (SSSR count).